The lowest BCUT2D eigenvalue weighted by Crippen LogP contribution is -1.91. The summed E-state index contributed by atoms with van der Waals surface area (Å²) in [4.78, 5) is 10.9. The second kappa shape index (κ2) is 6.20. The van der Waals surface area contributed by atoms with Gasteiger partial charge in [0.1, 0.15) is 0 Å². The lowest BCUT2D eigenvalue weighted by atomic mass is 10.3. The predicted octanol–water partition coefficient (Wildman–Crippen LogP) is 3.97. The van der Waals surface area contributed by atoms with Crippen molar-refractivity contribution < 1.29 is 4.92 Å². The zero-order chi connectivity index (χ0) is 11.3. The van der Waals surface area contributed by atoms with E-state index in [0.717, 1.165) is 12.2 Å². The van der Waals surface area contributed by atoms with Gasteiger partial charge in [0, 0.05) is 17.0 Å². The van der Waals surface area contributed by atoms with Crippen molar-refractivity contribution in [3.63, 3.8) is 0 Å². The van der Waals surface area contributed by atoms with Crippen molar-refractivity contribution >= 4 is 40.7 Å². The van der Waals surface area contributed by atoms with Gasteiger partial charge in [0.2, 0.25) is 0 Å². The van der Waals surface area contributed by atoms with Crippen molar-refractivity contribution in [3.8, 4) is 0 Å². The van der Waals surface area contributed by atoms with Crippen LogP contribution in [0.1, 0.15) is 6.42 Å². The van der Waals surface area contributed by atoms with E-state index >= 15 is 0 Å². The van der Waals surface area contributed by atoms with Gasteiger partial charge in [0.15, 0.2) is 0 Å². The minimum atomic E-state index is -0.403. The van der Waals surface area contributed by atoms with E-state index in [0.29, 0.717) is 15.8 Å². The van der Waals surface area contributed by atoms with Crippen LogP contribution < -0.4 is 0 Å². The van der Waals surface area contributed by atoms with Crippen molar-refractivity contribution in [1.29, 1.82) is 0 Å². The van der Waals surface area contributed by atoms with Crippen LogP contribution in [0.15, 0.2) is 23.1 Å². The fourth-order valence-electron chi connectivity index (χ4n) is 0.991. The Labute approximate surface area is 102 Å². The summed E-state index contributed by atoms with van der Waals surface area (Å²) in [6.45, 7) is 0. The lowest BCUT2D eigenvalue weighted by Gasteiger charge is -2.02. The number of thioether (sulfide) groups is 1. The SMILES string of the molecule is O=[N+]([O-])c1ccc(Cl)cc1SCCCCl. The minimum absolute atomic E-state index is 0.0963. The van der Waals surface area contributed by atoms with E-state index < -0.39 is 4.92 Å². The molecular weight excluding hydrogens is 257 g/mol. The molecule has 0 unspecified atom stereocenters. The van der Waals surface area contributed by atoms with Gasteiger partial charge < -0.3 is 0 Å². The van der Waals surface area contributed by atoms with Gasteiger partial charge >= 0.3 is 0 Å². The molecule has 0 bridgehead atoms. The Balaban J connectivity index is 2.82. The van der Waals surface area contributed by atoms with Crippen molar-refractivity contribution in [2.45, 2.75) is 11.3 Å². The molecule has 0 heterocycles. The summed E-state index contributed by atoms with van der Waals surface area (Å²) in [7, 11) is 0. The van der Waals surface area contributed by atoms with E-state index in [1.165, 1.54) is 23.9 Å². The van der Waals surface area contributed by atoms with E-state index in [2.05, 4.69) is 0 Å². The summed E-state index contributed by atoms with van der Waals surface area (Å²) < 4.78 is 0. The third-order valence-electron chi connectivity index (χ3n) is 1.65. The number of alkyl halides is 1. The number of nitro benzene ring substituents is 1. The first-order chi connectivity index (χ1) is 7.15. The molecule has 1 rings (SSSR count). The van der Waals surface area contributed by atoms with Crippen LogP contribution in [0.4, 0.5) is 5.69 Å². The zero-order valence-electron chi connectivity index (χ0n) is 7.78. The summed E-state index contributed by atoms with van der Waals surface area (Å²) in [6, 6.07) is 4.55. The molecule has 0 saturated carbocycles. The number of hydrogen-bond acceptors (Lipinski definition) is 3. The minimum Gasteiger partial charge on any atom is -0.258 e. The first kappa shape index (κ1) is 12.6. The Morgan fingerprint density at radius 2 is 2.20 bits per heavy atom. The normalized spacial score (nSPS) is 10.3. The van der Waals surface area contributed by atoms with Crippen molar-refractivity contribution in [1.82, 2.24) is 0 Å². The van der Waals surface area contributed by atoms with E-state index in [4.69, 9.17) is 23.2 Å². The number of rotatable bonds is 5. The second-order valence-corrected chi connectivity index (χ2v) is 4.71. The molecule has 0 aliphatic rings. The van der Waals surface area contributed by atoms with Crippen molar-refractivity contribution in [2.24, 2.45) is 0 Å². The monoisotopic (exact) mass is 265 g/mol. The average molecular weight is 266 g/mol. The molecular formula is C9H9Cl2NO2S. The molecule has 0 aliphatic carbocycles. The lowest BCUT2D eigenvalue weighted by molar-refractivity contribution is -0.387. The molecule has 1 aromatic carbocycles. The molecule has 0 amide bonds. The fraction of sp³-hybridized carbons (Fsp3) is 0.333. The second-order valence-electron chi connectivity index (χ2n) is 2.76. The third-order valence-corrected chi connectivity index (χ3v) is 3.29. The van der Waals surface area contributed by atoms with Crippen molar-refractivity contribution in [3.05, 3.63) is 33.3 Å². The van der Waals surface area contributed by atoms with E-state index in [-0.39, 0.29) is 5.69 Å². The molecule has 0 fully saturated rings. The van der Waals surface area contributed by atoms with Crippen LogP contribution in [-0.4, -0.2) is 16.6 Å². The molecule has 6 heteroatoms. The zero-order valence-corrected chi connectivity index (χ0v) is 10.1. The van der Waals surface area contributed by atoms with Gasteiger partial charge in [-0.05, 0) is 24.3 Å². The van der Waals surface area contributed by atoms with Gasteiger partial charge in [-0.3, -0.25) is 10.1 Å². The predicted molar refractivity (Wildman–Crippen MR) is 64.2 cm³/mol. The number of benzene rings is 1. The van der Waals surface area contributed by atoms with Gasteiger partial charge in [-0.25, -0.2) is 0 Å². The molecule has 3 nitrogen and oxygen atoms in total. The molecule has 0 N–H and O–H groups in total. The van der Waals surface area contributed by atoms with Gasteiger partial charge in [0.25, 0.3) is 5.69 Å². The van der Waals surface area contributed by atoms with Crippen LogP contribution in [0, 0.1) is 10.1 Å². The van der Waals surface area contributed by atoms with Gasteiger partial charge in [-0.1, -0.05) is 11.6 Å². The van der Waals surface area contributed by atoms with Crippen LogP contribution in [0.25, 0.3) is 0 Å². The van der Waals surface area contributed by atoms with Crippen LogP contribution in [0.3, 0.4) is 0 Å². The highest BCUT2D eigenvalue weighted by Crippen LogP contribution is 2.31. The Morgan fingerprint density at radius 3 is 2.80 bits per heavy atom. The summed E-state index contributed by atoms with van der Waals surface area (Å²) in [5.74, 6) is 1.31. The van der Waals surface area contributed by atoms with Crippen LogP contribution >= 0.6 is 35.0 Å². The number of hydrogen-bond donors (Lipinski definition) is 0. The highest BCUT2D eigenvalue weighted by Gasteiger charge is 2.13. The smallest absolute Gasteiger partial charge is 0.258 e. The van der Waals surface area contributed by atoms with Gasteiger partial charge in [-0.2, -0.15) is 0 Å². The Hall–Kier alpha value is -0.450. The van der Waals surface area contributed by atoms with E-state index in [1.54, 1.807) is 6.07 Å². The highest BCUT2D eigenvalue weighted by atomic mass is 35.5. The van der Waals surface area contributed by atoms with E-state index in [1.807, 2.05) is 0 Å². The van der Waals surface area contributed by atoms with Gasteiger partial charge in [0.05, 0.1) is 9.82 Å². The maximum Gasteiger partial charge on any atom is 0.282 e. The summed E-state index contributed by atoms with van der Waals surface area (Å²) >= 11 is 12.7. The fourth-order valence-corrected chi connectivity index (χ4v) is 2.53. The maximum atomic E-state index is 10.7. The largest absolute Gasteiger partial charge is 0.282 e. The topological polar surface area (TPSA) is 43.1 Å². The highest BCUT2D eigenvalue weighted by molar-refractivity contribution is 7.99. The Kier molecular flexibility index (Phi) is 5.22. The van der Waals surface area contributed by atoms with Gasteiger partial charge in [-0.15, -0.1) is 23.4 Å². The summed E-state index contributed by atoms with van der Waals surface area (Å²) in [5, 5.41) is 11.2. The average Bonchev–Trinajstić information content (AvgIpc) is 2.18. The number of nitro groups is 1. The molecule has 15 heavy (non-hydrogen) atoms. The number of nitrogens with zero attached hydrogens (tertiary/aromatic N) is 1. The molecule has 0 aromatic heterocycles. The summed E-state index contributed by atoms with van der Waals surface area (Å²) in [6.07, 6.45) is 0.815. The van der Waals surface area contributed by atoms with Crippen LogP contribution in [-0.2, 0) is 0 Å². The molecule has 1 aromatic rings. The van der Waals surface area contributed by atoms with Crippen LogP contribution in [0.5, 0.6) is 0 Å². The first-order valence-electron chi connectivity index (χ1n) is 4.28. The number of halogens is 2. The Morgan fingerprint density at radius 1 is 1.47 bits per heavy atom. The first-order valence-corrected chi connectivity index (χ1v) is 6.17. The molecule has 0 spiro atoms. The summed E-state index contributed by atoms with van der Waals surface area (Å²) in [5.41, 5.74) is 0.0963. The maximum absolute atomic E-state index is 10.7. The third kappa shape index (κ3) is 3.89. The molecule has 0 saturated heterocycles. The standard InChI is InChI=1S/C9H9Cl2NO2S/c10-4-1-5-15-9-6-7(11)2-3-8(9)12(13)14/h2-3,6H,1,4-5H2. The van der Waals surface area contributed by atoms with Crippen LogP contribution in [0.2, 0.25) is 5.02 Å². The Bertz CT molecular complexity index is 360. The van der Waals surface area contributed by atoms with E-state index in [9.17, 15) is 10.1 Å². The molecule has 0 radical (unpaired) electrons. The van der Waals surface area contributed by atoms with Crippen molar-refractivity contribution in [2.75, 3.05) is 11.6 Å². The molecule has 0 aliphatic heterocycles. The molecule has 82 valence electrons. The molecule has 0 atom stereocenters. The quantitative estimate of drug-likeness (QED) is 0.266.